The zero-order valence-electron chi connectivity index (χ0n) is 20.2. The SMILES string of the molecule is O=C(O)CC(NC(=O)CNC(=O)c1cc(NC2=NCCCN2)c2cn[nH]c2c1)c1cc(Cl)cc(C(F)(F)F)c1. The van der Waals surface area contributed by atoms with Gasteiger partial charge in [0.25, 0.3) is 5.91 Å². The number of halogens is 4. The third-order valence-electron chi connectivity index (χ3n) is 5.74. The van der Waals surface area contributed by atoms with E-state index in [2.05, 4.69) is 36.5 Å². The Morgan fingerprint density at radius 3 is 2.64 bits per heavy atom. The highest BCUT2D eigenvalue weighted by atomic mass is 35.5. The van der Waals surface area contributed by atoms with Crippen molar-refractivity contribution in [2.24, 2.45) is 4.99 Å². The molecule has 39 heavy (non-hydrogen) atoms. The zero-order chi connectivity index (χ0) is 28.2. The number of nitrogens with zero attached hydrogens (tertiary/aromatic N) is 2. The van der Waals surface area contributed by atoms with E-state index in [0.29, 0.717) is 35.2 Å². The molecule has 3 aromatic rings. The van der Waals surface area contributed by atoms with Crippen LogP contribution in [-0.4, -0.2) is 58.7 Å². The van der Waals surface area contributed by atoms with Crippen LogP contribution in [0.3, 0.4) is 0 Å². The van der Waals surface area contributed by atoms with Gasteiger partial charge in [-0.25, -0.2) is 0 Å². The molecule has 206 valence electrons. The summed E-state index contributed by atoms with van der Waals surface area (Å²) in [6, 6.07) is 4.33. The summed E-state index contributed by atoms with van der Waals surface area (Å²) in [5.41, 5.74) is 0.0543. The number of aliphatic imine (C=N–C) groups is 1. The molecule has 11 nitrogen and oxygen atoms in total. The first kappa shape index (κ1) is 27.7. The predicted molar refractivity (Wildman–Crippen MR) is 137 cm³/mol. The molecule has 15 heteroatoms. The molecule has 1 aromatic heterocycles. The second-order valence-corrected chi connectivity index (χ2v) is 9.10. The number of aliphatic carboxylic acids is 1. The number of aromatic amines is 1. The number of aromatic nitrogens is 2. The number of rotatable bonds is 8. The number of carboxylic acids is 1. The van der Waals surface area contributed by atoms with Crippen LogP contribution in [0.25, 0.3) is 10.9 Å². The number of hydrogen-bond acceptors (Lipinski definition) is 7. The fourth-order valence-corrected chi connectivity index (χ4v) is 4.19. The molecule has 1 aliphatic heterocycles. The molecule has 0 saturated carbocycles. The van der Waals surface area contributed by atoms with E-state index < -0.39 is 48.5 Å². The van der Waals surface area contributed by atoms with Crippen LogP contribution in [-0.2, 0) is 15.8 Å². The van der Waals surface area contributed by atoms with Crippen LogP contribution in [0.5, 0.6) is 0 Å². The topological polar surface area (TPSA) is 161 Å². The maximum atomic E-state index is 13.2. The van der Waals surface area contributed by atoms with Crippen LogP contribution in [0.1, 0.15) is 40.4 Å². The van der Waals surface area contributed by atoms with Gasteiger partial charge in [-0.2, -0.15) is 18.3 Å². The van der Waals surface area contributed by atoms with Crippen LogP contribution in [0, 0.1) is 0 Å². The molecule has 0 spiro atoms. The molecule has 2 heterocycles. The molecule has 1 aliphatic rings. The van der Waals surface area contributed by atoms with Gasteiger partial charge in [-0.3, -0.25) is 24.5 Å². The van der Waals surface area contributed by atoms with Gasteiger partial charge in [0.2, 0.25) is 5.91 Å². The summed E-state index contributed by atoms with van der Waals surface area (Å²) in [5.74, 6) is -2.26. The zero-order valence-corrected chi connectivity index (χ0v) is 20.9. The lowest BCUT2D eigenvalue weighted by atomic mass is 10.0. The van der Waals surface area contributed by atoms with Gasteiger partial charge in [-0.15, -0.1) is 0 Å². The summed E-state index contributed by atoms with van der Waals surface area (Å²) < 4.78 is 39.6. The number of H-pyrrole nitrogens is 1. The van der Waals surface area contributed by atoms with E-state index in [1.54, 1.807) is 12.3 Å². The average molecular weight is 566 g/mol. The minimum atomic E-state index is -4.73. The number of benzene rings is 2. The van der Waals surface area contributed by atoms with Crippen molar-refractivity contribution in [2.75, 3.05) is 25.0 Å². The Labute approximate surface area is 224 Å². The van der Waals surface area contributed by atoms with E-state index in [0.717, 1.165) is 25.1 Å². The number of amides is 2. The van der Waals surface area contributed by atoms with Crippen LogP contribution in [0.2, 0.25) is 5.02 Å². The number of anilines is 1. The minimum absolute atomic E-state index is 0.142. The van der Waals surface area contributed by atoms with Crippen molar-refractivity contribution in [2.45, 2.75) is 25.1 Å². The molecule has 1 unspecified atom stereocenters. The molecular weight excluding hydrogens is 543 g/mol. The molecular formula is C24H23ClF3N7O4. The van der Waals surface area contributed by atoms with Crippen LogP contribution >= 0.6 is 11.6 Å². The van der Waals surface area contributed by atoms with E-state index in [-0.39, 0.29) is 16.1 Å². The first-order chi connectivity index (χ1) is 18.5. The van der Waals surface area contributed by atoms with Crippen molar-refractivity contribution < 1.29 is 32.7 Å². The number of guanidine groups is 1. The summed E-state index contributed by atoms with van der Waals surface area (Å²) in [4.78, 5) is 41.1. The fraction of sp³-hybridized carbons (Fsp3) is 0.292. The lowest BCUT2D eigenvalue weighted by Gasteiger charge is -2.20. The van der Waals surface area contributed by atoms with Crippen LogP contribution < -0.4 is 21.3 Å². The van der Waals surface area contributed by atoms with E-state index in [1.165, 1.54) is 6.07 Å². The predicted octanol–water partition coefficient (Wildman–Crippen LogP) is 3.06. The lowest BCUT2D eigenvalue weighted by molar-refractivity contribution is -0.138. The van der Waals surface area contributed by atoms with Crippen molar-refractivity contribution in [1.82, 2.24) is 26.1 Å². The summed E-state index contributed by atoms with van der Waals surface area (Å²) in [7, 11) is 0. The van der Waals surface area contributed by atoms with Gasteiger partial charge in [0.05, 0.1) is 42.0 Å². The van der Waals surface area contributed by atoms with Crippen LogP contribution in [0.15, 0.2) is 41.5 Å². The Balaban J connectivity index is 1.46. The summed E-state index contributed by atoms with van der Waals surface area (Å²) in [6.07, 6.45) is -2.96. The first-order valence-electron chi connectivity index (χ1n) is 11.7. The van der Waals surface area contributed by atoms with Gasteiger partial charge in [-0.1, -0.05) is 11.6 Å². The van der Waals surface area contributed by atoms with Gasteiger partial charge in [0.15, 0.2) is 5.96 Å². The molecule has 0 saturated heterocycles. The molecule has 6 N–H and O–H groups in total. The molecule has 1 atom stereocenters. The molecule has 0 radical (unpaired) electrons. The summed E-state index contributed by atoms with van der Waals surface area (Å²) >= 11 is 5.81. The molecule has 2 aromatic carbocycles. The second kappa shape index (κ2) is 11.6. The molecule has 0 aliphatic carbocycles. The average Bonchev–Trinajstić information content (AvgIpc) is 3.35. The van der Waals surface area contributed by atoms with Gasteiger partial charge in [0, 0.05) is 29.1 Å². The molecule has 2 amide bonds. The standard InChI is InChI=1S/C24H23ClF3N7O4/c25-15-5-12(4-14(8-15)24(26,27)28)17(9-21(37)38)33-20(36)11-31-22(39)13-6-18(16-10-32-35-19(16)7-13)34-23-29-2-1-3-30-23/h4-8,10,17H,1-3,9,11H2,(H,31,39)(H,32,35)(H,33,36)(H,37,38)(H2,29,30,34). The Bertz CT molecular complexity index is 1440. The highest BCUT2D eigenvalue weighted by molar-refractivity contribution is 6.30. The third-order valence-corrected chi connectivity index (χ3v) is 5.96. The van der Waals surface area contributed by atoms with Gasteiger partial charge < -0.3 is 26.4 Å². The maximum Gasteiger partial charge on any atom is 0.416 e. The fourth-order valence-electron chi connectivity index (χ4n) is 3.94. The van der Waals surface area contributed by atoms with Crippen molar-refractivity contribution in [1.29, 1.82) is 0 Å². The van der Waals surface area contributed by atoms with E-state index in [1.807, 2.05) is 0 Å². The van der Waals surface area contributed by atoms with Crippen molar-refractivity contribution in [3.8, 4) is 0 Å². The number of carboxylic acid groups (broad SMARTS) is 1. The van der Waals surface area contributed by atoms with E-state index in [9.17, 15) is 32.7 Å². The largest absolute Gasteiger partial charge is 0.481 e. The van der Waals surface area contributed by atoms with E-state index >= 15 is 0 Å². The highest BCUT2D eigenvalue weighted by Gasteiger charge is 2.32. The monoisotopic (exact) mass is 565 g/mol. The summed E-state index contributed by atoms with van der Waals surface area (Å²) in [6.45, 7) is 0.819. The van der Waals surface area contributed by atoms with Gasteiger partial charge in [-0.05, 0) is 42.3 Å². The molecule has 0 bridgehead atoms. The lowest BCUT2D eigenvalue weighted by Crippen LogP contribution is -2.39. The second-order valence-electron chi connectivity index (χ2n) is 8.66. The van der Waals surface area contributed by atoms with Gasteiger partial charge in [0.1, 0.15) is 0 Å². The Morgan fingerprint density at radius 1 is 1.15 bits per heavy atom. The van der Waals surface area contributed by atoms with Gasteiger partial charge >= 0.3 is 12.1 Å². The number of nitrogens with one attached hydrogen (secondary N) is 5. The highest BCUT2D eigenvalue weighted by Crippen LogP contribution is 2.34. The minimum Gasteiger partial charge on any atom is -0.481 e. The quantitative estimate of drug-likeness (QED) is 0.245. The van der Waals surface area contributed by atoms with Crippen molar-refractivity contribution in [3.63, 3.8) is 0 Å². The van der Waals surface area contributed by atoms with Crippen molar-refractivity contribution in [3.05, 3.63) is 58.2 Å². The van der Waals surface area contributed by atoms with Crippen molar-refractivity contribution >= 4 is 51.9 Å². The number of hydrogen-bond donors (Lipinski definition) is 6. The molecule has 4 rings (SSSR count). The summed E-state index contributed by atoms with van der Waals surface area (Å²) in [5, 5.41) is 27.5. The van der Waals surface area contributed by atoms with Crippen LogP contribution in [0.4, 0.5) is 18.9 Å². The first-order valence-corrected chi connectivity index (χ1v) is 12.1. The smallest absolute Gasteiger partial charge is 0.416 e. The molecule has 0 fully saturated rings. The third kappa shape index (κ3) is 7.16. The number of alkyl halides is 3. The number of carbonyl (C=O) groups is 3. The Morgan fingerprint density at radius 2 is 1.95 bits per heavy atom. The Hall–Kier alpha value is -4.33. The number of fused-ring (bicyclic) bond motifs is 1. The normalized spacial score (nSPS) is 14.2. The maximum absolute atomic E-state index is 13.2. The Kier molecular flexibility index (Phi) is 8.24. The van der Waals surface area contributed by atoms with E-state index in [4.69, 9.17) is 11.6 Å². The number of carbonyl (C=O) groups excluding carboxylic acids is 2.